The summed E-state index contributed by atoms with van der Waals surface area (Å²) in [6.07, 6.45) is 1.66. The predicted octanol–water partition coefficient (Wildman–Crippen LogP) is 0.729. The van der Waals surface area contributed by atoms with Crippen LogP contribution < -0.4 is 5.32 Å². The van der Waals surface area contributed by atoms with E-state index in [9.17, 15) is 9.59 Å². The Labute approximate surface area is 119 Å². The van der Waals surface area contributed by atoms with Crippen molar-refractivity contribution >= 4 is 34.8 Å². The molecule has 1 amide bonds. The highest BCUT2D eigenvalue weighted by atomic mass is 32.2. The molecule has 0 aliphatic rings. The molecule has 0 fully saturated rings. The van der Waals surface area contributed by atoms with Crippen LogP contribution >= 0.6 is 11.8 Å². The zero-order valence-electron chi connectivity index (χ0n) is 10.9. The van der Waals surface area contributed by atoms with Gasteiger partial charge in [-0.15, -0.1) is 0 Å². The van der Waals surface area contributed by atoms with Crippen LogP contribution in [-0.2, 0) is 14.3 Å². The molecule has 0 saturated carbocycles. The molecule has 0 aromatic carbocycles. The number of pyridine rings is 1. The Balaban J connectivity index is 1.79. The maximum atomic E-state index is 11.5. The van der Waals surface area contributed by atoms with Gasteiger partial charge in [0.05, 0.1) is 17.9 Å². The molecule has 2 rings (SSSR count). The Morgan fingerprint density at radius 2 is 2.35 bits per heavy atom. The van der Waals surface area contributed by atoms with E-state index in [1.54, 1.807) is 19.2 Å². The maximum Gasteiger partial charge on any atom is 0.325 e. The molecule has 0 aliphatic heterocycles. The molecule has 0 unspecified atom stereocenters. The second-order valence-corrected chi connectivity index (χ2v) is 4.75. The predicted molar refractivity (Wildman–Crippen MR) is 74.3 cm³/mol. The molecule has 8 heteroatoms. The standard InChI is InChI=1S/C12H14N4O3S/c1-2-19-10(18)6-14-9(17)7-20-12-15-8-4-3-5-13-11(8)16-12/h3-5H,2,6-7H2,1H3,(H,14,17)(H,13,15,16). The van der Waals surface area contributed by atoms with Gasteiger partial charge < -0.3 is 15.0 Å². The van der Waals surface area contributed by atoms with Crippen molar-refractivity contribution in [2.24, 2.45) is 0 Å². The Bertz CT molecular complexity index is 581. The van der Waals surface area contributed by atoms with E-state index in [4.69, 9.17) is 4.74 Å². The Kier molecular flexibility index (Phi) is 4.94. The summed E-state index contributed by atoms with van der Waals surface area (Å²) in [6.45, 7) is 1.90. The van der Waals surface area contributed by atoms with Crippen LogP contribution in [0.3, 0.4) is 0 Å². The molecule has 0 saturated heterocycles. The van der Waals surface area contributed by atoms with Gasteiger partial charge in [0.15, 0.2) is 10.8 Å². The minimum Gasteiger partial charge on any atom is -0.465 e. The van der Waals surface area contributed by atoms with Gasteiger partial charge in [0, 0.05) is 6.20 Å². The number of H-pyrrole nitrogens is 1. The molecule has 0 aliphatic carbocycles. The third-order valence-electron chi connectivity index (χ3n) is 2.31. The fraction of sp³-hybridized carbons (Fsp3) is 0.333. The van der Waals surface area contributed by atoms with Crippen LogP contribution in [0, 0.1) is 0 Å². The van der Waals surface area contributed by atoms with Crippen LogP contribution in [-0.4, -0.2) is 45.7 Å². The molecular formula is C12H14N4O3S. The van der Waals surface area contributed by atoms with E-state index in [1.165, 1.54) is 11.8 Å². The van der Waals surface area contributed by atoms with Crippen molar-refractivity contribution < 1.29 is 14.3 Å². The number of nitrogens with zero attached hydrogens (tertiary/aromatic N) is 2. The van der Waals surface area contributed by atoms with E-state index < -0.39 is 5.97 Å². The van der Waals surface area contributed by atoms with Gasteiger partial charge in [-0.05, 0) is 19.1 Å². The summed E-state index contributed by atoms with van der Waals surface area (Å²) < 4.78 is 4.71. The highest BCUT2D eigenvalue weighted by molar-refractivity contribution is 7.99. The van der Waals surface area contributed by atoms with Gasteiger partial charge in [0.25, 0.3) is 0 Å². The first-order valence-corrected chi connectivity index (χ1v) is 7.03. The van der Waals surface area contributed by atoms with Crippen molar-refractivity contribution in [3.63, 3.8) is 0 Å². The molecular weight excluding hydrogens is 280 g/mol. The second-order valence-electron chi connectivity index (χ2n) is 3.79. The molecule has 20 heavy (non-hydrogen) atoms. The van der Waals surface area contributed by atoms with Crippen LogP contribution in [0.5, 0.6) is 0 Å². The van der Waals surface area contributed by atoms with Crippen molar-refractivity contribution in [1.82, 2.24) is 20.3 Å². The minimum absolute atomic E-state index is 0.116. The number of esters is 1. The summed E-state index contributed by atoms with van der Waals surface area (Å²) >= 11 is 1.25. The first-order chi connectivity index (χ1) is 9.69. The monoisotopic (exact) mass is 294 g/mol. The SMILES string of the molecule is CCOC(=O)CNC(=O)CSc1nc2ncccc2[nH]1. The quantitative estimate of drug-likeness (QED) is 0.602. The molecule has 0 bridgehead atoms. The number of nitrogens with one attached hydrogen (secondary N) is 2. The van der Waals surface area contributed by atoms with E-state index in [1.807, 2.05) is 6.07 Å². The number of hydrogen-bond donors (Lipinski definition) is 2. The summed E-state index contributed by atoms with van der Waals surface area (Å²) in [5.41, 5.74) is 1.43. The number of thioether (sulfide) groups is 1. The van der Waals surface area contributed by atoms with Crippen LogP contribution in [0.2, 0.25) is 0 Å². The normalized spacial score (nSPS) is 10.4. The van der Waals surface area contributed by atoms with Gasteiger partial charge in [0.2, 0.25) is 5.91 Å². The van der Waals surface area contributed by atoms with Crippen molar-refractivity contribution in [2.45, 2.75) is 12.1 Å². The number of imidazole rings is 1. The number of fused-ring (bicyclic) bond motifs is 1. The third-order valence-corrected chi connectivity index (χ3v) is 3.18. The number of aromatic amines is 1. The largest absolute Gasteiger partial charge is 0.465 e. The van der Waals surface area contributed by atoms with E-state index >= 15 is 0 Å². The van der Waals surface area contributed by atoms with E-state index in [0.29, 0.717) is 17.4 Å². The van der Waals surface area contributed by atoms with Crippen LogP contribution in [0.4, 0.5) is 0 Å². The molecule has 0 atom stereocenters. The second kappa shape index (κ2) is 6.90. The van der Waals surface area contributed by atoms with Crippen LogP contribution in [0.1, 0.15) is 6.92 Å². The first kappa shape index (κ1) is 14.3. The zero-order chi connectivity index (χ0) is 14.4. The van der Waals surface area contributed by atoms with Gasteiger partial charge in [-0.25, -0.2) is 9.97 Å². The number of rotatable bonds is 6. The fourth-order valence-electron chi connectivity index (χ4n) is 1.46. The Hall–Kier alpha value is -2.09. The summed E-state index contributed by atoms with van der Waals surface area (Å²) in [5.74, 6) is -0.533. The third kappa shape index (κ3) is 3.95. The number of amides is 1. The summed E-state index contributed by atoms with van der Waals surface area (Å²) in [7, 11) is 0. The number of carbonyl (C=O) groups is 2. The fourth-order valence-corrected chi connectivity index (χ4v) is 2.16. The van der Waals surface area contributed by atoms with Gasteiger partial charge in [-0.1, -0.05) is 11.8 Å². The lowest BCUT2D eigenvalue weighted by molar-refractivity contribution is -0.143. The number of ether oxygens (including phenoxy) is 1. The molecule has 0 spiro atoms. The number of carbonyl (C=O) groups excluding carboxylic acids is 2. The smallest absolute Gasteiger partial charge is 0.325 e. The van der Waals surface area contributed by atoms with Crippen molar-refractivity contribution in [3.8, 4) is 0 Å². The van der Waals surface area contributed by atoms with Gasteiger partial charge in [-0.2, -0.15) is 0 Å². The number of hydrogen-bond acceptors (Lipinski definition) is 6. The molecule has 0 radical (unpaired) electrons. The molecule has 2 N–H and O–H groups in total. The zero-order valence-corrected chi connectivity index (χ0v) is 11.7. The summed E-state index contributed by atoms with van der Waals surface area (Å²) in [5, 5.41) is 3.10. The lowest BCUT2D eigenvalue weighted by atomic mass is 10.4. The van der Waals surface area contributed by atoms with E-state index in [-0.39, 0.29) is 18.2 Å². The highest BCUT2D eigenvalue weighted by Crippen LogP contribution is 2.17. The van der Waals surface area contributed by atoms with Gasteiger partial charge >= 0.3 is 5.97 Å². The van der Waals surface area contributed by atoms with Gasteiger partial charge in [-0.3, -0.25) is 9.59 Å². The van der Waals surface area contributed by atoms with Crippen molar-refractivity contribution in [1.29, 1.82) is 0 Å². The van der Waals surface area contributed by atoms with Gasteiger partial charge in [0.1, 0.15) is 6.54 Å². The average Bonchev–Trinajstić information content (AvgIpc) is 2.86. The molecule has 7 nitrogen and oxygen atoms in total. The van der Waals surface area contributed by atoms with E-state index in [0.717, 1.165) is 5.52 Å². The van der Waals surface area contributed by atoms with Crippen molar-refractivity contribution in [2.75, 3.05) is 18.9 Å². The lowest BCUT2D eigenvalue weighted by Gasteiger charge is -2.03. The average molecular weight is 294 g/mol. The van der Waals surface area contributed by atoms with Crippen LogP contribution in [0.15, 0.2) is 23.5 Å². The maximum absolute atomic E-state index is 11.5. The highest BCUT2D eigenvalue weighted by Gasteiger charge is 2.09. The lowest BCUT2D eigenvalue weighted by Crippen LogP contribution is -2.31. The topological polar surface area (TPSA) is 97.0 Å². The molecule has 106 valence electrons. The summed E-state index contributed by atoms with van der Waals surface area (Å²) in [6, 6.07) is 3.67. The van der Waals surface area contributed by atoms with E-state index in [2.05, 4.69) is 20.3 Å². The molecule has 2 aromatic rings. The molecule has 2 aromatic heterocycles. The summed E-state index contributed by atoms with van der Waals surface area (Å²) in [4.78, 5) is 34.0. The molecule has 2 heterocycles. The Morgan fingerprint density at radius 3 is 3.10 bits per heavy atom. The minimum atomic E-state index is -0.446. The van der Waals surface area contributed by atoms with Crippen molar-refractivity contribution in [3.05, 3.63) is 18.3 Å². The number of aromatic nitrogens is 3. The first-order valence-electron chi connectivity index (χ1n) is 6.05. The van der Waals surface area contributed by atoms with Crippen LogP contribution in [0.25, 0.3) is 11.2 Å². The Morgan fingerprint density at radius 1 is 1.50 bits per heavy atom.